The molecule has 2 aromatic rings. The Hall–Kier alpha value is -2.89. The molecule has 1 heterocycles. The molecule has 0 aliphatic heterocycles. The number of rotatable bonds is 6. The van der Waals surface area contributed by atoms with Gasteiger partial charge >= 0.3 is 0 Å². The number of aromatic nitrogens is 2. The largest absolute Gasteiger partial charge is 0.497 e. The maximum absolute atomic E-state index is 12.1. The number of carbonyl (C=O) groups is 1. The second-order valence-corrected chi connectivity index (χ2v) is 5.59. The van der Waals surface area contributed by atoms with Crippen LogP contribution in [-0.2, 0) is 11.3 Å². The van der Waals surface area contributed by atoms with E-state index in [9.17, 15) is 4.79 Å². The fraction of sp³-hybridized carbons (Fsp3) is 0.316. The van der Waals surface area contributed by atoms with Gasteiger partial charge in [0.2, 0.25) is 5.91 Å². The molecule has 1 N–H and O–H groups in total. The third-order valence-corrected chi connectivity index (χ3v) is 3.86. The summed E-state index contributed by atoms with van der Waals surface area (Å²) < 4.78 is 10.5. The van der Waals surface area contributed by atoms with Gasteiger partial charge in [-0.25, -0.2) is 0 Å². The van der Waals surface area contributed by atoms with Crippen molar-refractivity contribution in [3.05, 3.63) is 52.6 Å². The molecule has 2 rings (SSSR count). The minimum atomic E-state index is -0.218. The van der Waals surface area contributed by atoms with E-state index in [1.807, 2.05) is 26.8 Å². The van der Waals surface area contributed by atoms with Crippen molar-refractivity contribution in [1.29, 1.82) is 0 Å². The van der Waals surface area contributed by atoms with Crippen molar-refractivity contribution in [1.82, 2.24) is 15.3 Å². The summed E-state index contributed by atoms with van der Waals surface area (Å²) in [6.45, 7) is 6.04. The third-order valence-electron chi connectivity index (χ3n) is 3.86. The molecule has 25 heavy (non-hydrogen) atoms. The summed E-state index contributed by atoms with van der Waals surface area (Å²) >= 11 is 0. The average molecular weight is 341 g/mol. The highest BCUT2D eigenvalue weighted by atomic mass is 16.5. The molecule has 0 saturated heterocycles. The van der Waals surface area contributed by atoms with E-state index < -0.39 is 0 Å². The van der Waals surface area contributed by atoms with Gasteiger partial charge in [0.1, 0.15) is 11.5 Å². The van der Waals surface area contributed by atoms with Gasteiger partial charge in [-0.05, 0) is 45.0 Å². The molecule has 0 unspecified atom stereocenters. The molecule has 1 aromatic carbocycles. The van der Waals surface area contributed by atoms with Gasteiger partial charge < -0.3 is 14.8 Å². The van der Waals surface area contributed by atoms with Gasteiger partial charge in [-0.1, -0.05) is 0 Å². The van der Waals surface area contributed by atoms with E-state index in [1.165, 1.54) is 6.08 Å². The number of nitrogens with one attached hydrogen (secondary N) is 1. The van der Waals surface area contributed by atoms with Gasteiger partial charge in [-0.15, -0.1) is 0 Å². The Morgan fingerprint density at radius 1 is 1.08 bits per heavy atom. The number of aryl methyl sites for hydroxylation is 3. The first-order chi connectivity index (χ1) is 11.9. The van der Waals surface area contributed by atoms with E-state index in [-0.39, 0.29) is 5.91 Å². The van der Waals surface area contributed by atoms with Gasteiger partial charge in [-0.3, -0.25) is 14.8 Å². The van der Waals surface area contributed by atoms with Gasteiger partial charge in [0.25, 0.3) is 0 Å². The zero-order chi connectivity index (χ0) is 18.4. The minimum absolute atomic E-state index is 0.218. The highest BCUT2D eigenvalue weighted by Crippen LogP contribution is 2.24. The van der Waals surface area contributed by atoms with Crippen molar-refractivity contribution >= 4 is 12.0 Å². The summed E-state index contributed by atoms with van der Waals surface area (Å²) in [4.78, 5) is 21.0. The highest BCUT2D eigenvalue weighted by Gasteiger charge is 2.07. The predicted molar refractivity (Wildman–Crippen MR) is 96.7 cm³/mol. The molecule has 0 aliphatic rings. The maximum Gasteiger partial charge on any atom is 0.244 e. The van der Waals surface area contributed by atoms with Crippen LogP contribution in [0.3, 0.4) is 0 Å². The average Bonchev–Trinajstić information content (AvgIpc) is 2.61. The van der Waals surface area contributed by atoms with Crippen LogP contribution in [0.5, 0.6) is 11.5 Å². The smallest absolute Gasteiger partial charge is 0.244 e. The van der Waals surface area contributed by atoms with Crippen LogP contribution in [0.4, 0.5) is 0 Å². The SMILES string of the molecule is COc1ccc(OC)c(/C=C/C(=O)NCc2nc(C)c(C)nc2C)c1. The Morgan fingerprint density at radius 2 is 1.80 bits per heavy atom. The molecule has 6 nitrogen and oxygen atoms in total. The topological polar surface area (TPSA) is 73.3 Å². The number of nitrogens with zero attached hydrogens (tertiary/aromatic N) is 2. The van der Waals surface area contributed by atoms with Crippen LogP contribution in [0.25, 0.3) is 6.08 Å². The van der Waals surface area contributed by atoms with Crippen molar-refractivity contribution in [3.63, 3.8) is 0 Å². The lowest BCUT2D eigenvalue weighted by Gasteiger charge is -2.09. The lowest BCUT2D eigenvalue weighted by molar-refractivity contribution is -0.116. The molecule has 0 aliphatic carbocycles. The molecule has 0 atom stereocenters. The van der Waals surface area contributed by atoms with Gasteiger partial charge in [0, 0.05) is 11.6 Å². The monoisotopic (exact) mass is 341 g/mol. The third kappa shape index (κ3) is 4.79. The Bertz CT molecular complexity index is 801. The number of methoxy groups -OCH3 is 2. The van der Waals surface area contributed by atoms with Crippen LogP contribution in [0.15, 0.2) is 24.3 Å². The molecular formula is C19H23N3O3. The number of carbonyl (C=O) groups excluding carboxylic acids is 1. The predicted octanol–water partition coefficient (Wildman–Crippen LogP) is 2.75. The van der Waals surface area contributed by atoms with Crippen LogP contribution in [0.2, 0.25) is 0 Å². The van der Waals surface area contributed by atoms with Gasteiger partial charge in [-0.2, -0.15) is 0 Å². The molecule has 1 amide bonds. The van der Waals surface area contributed by atoms with E-state index in [2.05, 4.69) is 15.3 Å². The molecular weight excluding hydrogens is 318 g/mol. The number of benzene rings is 1. The first kappa shape index (κ1) is 18.4. The molecule has 0 radical (unpaired) electrons. The van der Waals surface area contributed by atoms with Crippen molar-refractivity contribution in [2.45, 2.75) is 27.3 Å². The van der Waals surface area contributed by atoms with E-state index >= 15 is 0 Å². The van der Waals surface area contributed by atoms with Crippen LogP contribution < -0.4 is 14.8 Å². The Balaban J connectivity index is 2.05. The lowest BCUT2D eigenvalue weighted by Crippen LogP contribution is -2.22. The van der Waals surface area contributed by atoms with E-state index in [0.29, 0.717) is 18.0 Å². The molecule has 0 saturated carbocycles. The Kier molecular flexibility index (Phi) is 6.11. The quantitative estimate of drug-likeness (QED) is 0.818. The number of amides is 1. The Labute approximate surface area is 147 Å². The van der Waals surface area contributed by atoms with Crippen LogP contribution in [-0.4, -0.2) is 30.1 Å². The van der Waals surface area contributed by atoms with Crippen LogP contribution in [0.1, 0.15) is 28.3 Å². The molecule has 0 bridgehead atoms. The summed E-state index contributed by atoms with van der Waals surface area (Å²) in [7, 11) is 3.18. The van der Waals surface area contributed by atoms with Gasteiger partial charge in [0.05, 0.1) is 43.5 Å². The highest BCUT2D eigenvalue weighted by molar-refractivity contribution is 5.92. The van der Waals surface area contributed by atoms with Crippen LogP contribution >= 0.6 is 0 Å². The number of ether oxygens (including phenoxy) is 2. The van der Waals surface area contributed by atoms with Crippen molar-refractivity contribution in [3.8, 4) is 11.5 Å². The first-order valence-electron chi connectivity index (χ1n) is 7.93. The van der Waals surface area contributed by atoms with Gasteiger partial charge in [0.15, 0.2) is 0 Å². The minimum Gasteiger partial charge on any atom is -0.497 e. The summed E-state index contributed by atoms with van der Waals surface area (Å²) in [5, 5.41) is 2.82. The lowest BCUT2D eigenvalue weighted by atomic mass is 10.1. The maximum atomic E-state index is 12.1. The summed E-state index contributed by atoms with van der Waals surface area (Å²) in [6.07, 6.45) is 3.15. The number of hydrogen-bond acceptors (Lipinski definition) is 5. The molecule has 0 spiro atoms. The van der Waals surface area contributed by atoms with E-state index in [1.54, 1.807) is 32.4 Å². The summed E-state index contributed by atoms with van der Waals surface area (Å²) in [6, 6.07) is 5.41. The fourth-order valence-electron chi connectivity index (χ4n) is 2.29. The summed E-state index contributed by atoms with van der Waals surface area (Å²) in [5.74, 6) is 1.15. The van der Waals surface area contributed by atoms with E-state index in [4.69, 9.17) is 9.47 Å². The Morgan fingerprint density at radius 3 is 2.48 bits per heavy atom. The van der Waals surface area contributed by atoms with Crippen LogP contribution in [0, 0.1) is 20.8 Å². The van der Waals surface area contributed by atoms with Crippen molar-refractivity contribution < 1.29 is 14.3 Å². The second kappa shape index (κ2) is 8.28. The number of hydrogen-bond donors (Lipinski definition) is 1. The standard InChI is InChI=1S/C19H23N3O3/c1-12-13(2)22-17(14(3)21-12)11-20-19(23)9-6-15-10-16(24-4)7-8-18(15)25-5/h6-10H,11H2,1-5H3,(H,20,23)/b9-6+. The summed E-state index contributed by atoms with van der Waals surface area (Å²) in [5.41, 5.74) is 4.12. The fourth-order valence-corrected chi connectivity index (χ4v) is 2.29. The van der Waals surface area contributed by atoms with Crippen molar-refractivity contribution in [2.24, 2.45) is 0 Å². The second-order valence-electron chi connectivity index (χ2n) is 5.59. The first-order valence-corrected chi connectivity index (χ1v) is 7.93. The van der Waals surface area contributed by atoms with Crippen molar-refractivity contribution in [2.75, 3.05) is 14.2 Å². The van der Waals surface area contributed by atoms with E-state index in [0.717, 1.165) is 28.3 Å². The molecule has 1 aromatic heterocycles. The molecule has 0 fully saturated rings. The molecule has 6 heteroatoms. The zero-order valence-corrected chi connectivity index (χ0v) is 15.2. The molecule has 132 valence electrons. The normalized spacial score (nSPS) is 10.8. The zero-order valence-electron chi connectivity index (χ0n) is 15.2.